The molecule has 3 N–H and O–H groups in total. The van der Waals surface area contributed by atoms with Gasteiger partial charge in [0.25, 0.3) is 0 Å². The van der Waals surface area contributed by atoms with Gasteiger partial charge in [-0.1, -0.05) is 12.1 Å². The standard InChI is InChI=1S/C16H19N5O2S/c1-11-15-9-14(10-18-16(15)21(2)20-11)24(22,23)19-8-7-12-3-5-13(17)6-4-12/h3-6,9-10,19H,7-8,17H2,1-2H3. The first kappa shape index (κ1) is 16.4. The van der Waals surface area contributed by atoms with Crippen molar-refractivity contribution in [1.82, 2.24) is 19.5 Å². The lowest BCUT2D eigenvalue weighted by Crippen LogP contribution is -2.26. The van der Waals surface area contributed by atoms with Gasteiger partial charge in [-0.15, -0.1) is 0 Å². The molecule has 24 heavy (non-hydrogen) atoms. The van der Waals surface area contributed by atoms with Gasteiger partial charge in [0, 0.05) is 30.9 Å². The van der Waals surface area contributed by atoms with Gasteiger partial charge in [0.2, 0.25) is 10.0 Å². The van der Waals surface area contributed by atoms with Crippen LogP contribution in [-0.4, -0.2) is 29.7 Å². The first-order valence-corrected chi connectivity index (χ1v) is 8.98. The molecule has 0 amide bonds. The summed E-state index contributed by atoms with van der Waals surface area (Å²) in [5, 5.41) is 4.99. The third-order valence-corrected chi connectivity index (χ3v) is 5.26. The molecule has 2 heterocycles. The van der Waals surface area contributed by atoms with Crippen molar-refractivity contribution in [2.45, 2.75) is 18.2 Å². The van der Waals surface area contributed by atoms with Gasteiger partial charge in [0.15, 0.2) is 5.65 Å². The Morgan fingerprint density at radius 2 is 1.96 bits per heavy atom. The van der Waals surface area contributed by atoms with Crippen LogP contribution in [0.25, 0.3) is 11.0 Å². The number of nitrogens with two attached hydrogens (primary N) is 1. The molecule has 0 aliphatic carbocycles. The second kappa shape index (κ2) is 6.21. The van der Waals surface area contributed by atoms with E-state index in [0.29, 0.717) is 24.3 Å². The fourth-order valence-electron chi connectivity index (χ4n) is 2.53. The number of rotatable bonds is 5. The van der Waals surface area contributed by atoms with E-state index in [2.05, 4.69) is 14.8 Å². The maximum absolute atomic E-state index is 12.4. The van der Waals surface area contributed by atoms with E-state index in [-0.39, 0.29) is 4.90 Å². The van der Waals surface area contributed by atoms with Crippen molar-refractivity contribution in [3.05, 3.63) is 47.8 Å². The first-order chi connectivity index (χ1) is 11.4. The number of hydrogen-bond acceptors (Lipinski definition) is 5. The molecule has 7 nitrogen and oxygen atoms in total. The molecule has 1 aromatic carbocycles. The topological polar surface area (TPSA) is 103 Å². The highest BCUT2D eigenvalue weighted by Gasteiger charge is 2.17. The van der Waals surface area contributed by atoms with Crippen LogP contribution >= 0.6 is 0 Å². The molecule has 0 aliphatic heterocycles. The van der Waals surface area contributed by atoms with Gasteiger partial charge in [-0.25, -0.2) is 18.1 Å². The van der Waals surface area contributed by atoms with Crippen LogP contribution in [0, 0.1) is 6.92 Å². The largest absolute Gasteiger partial charge is 0.399 e. The van der Waals surface area contributed by atoms with Crippen molar-refractivity contribution in [1.29, 1.82) is 0 Å². The van der Waals surface area contributed by atoms with Crippen molar-refractivity contribution >= 4 is 26.7 Å². The highest BCUT2D eigenvalue weighted by Crippen LogP contribution is 2.19. The number of fused-ring (bicyclic) bond motifs is 1. The molecule has 0 bridgehead atoms. The van der Waals surface area contributed by atoms with Gasteiger partial charge in [0.1, 0.15) is 4.90 Å². The molecule has 0 radical (unpaired) electrons. The number of nitrogens with one attached hydrogen (secondary N) is 1. The highest BCUT2D eigenvalue weighted by molar-refractivity contribution is 7.89. The summed E-state index contributed by atoms with van der Waals surface area (Å²) in [5.41, 5.74) is 8.75. The summed E-state index contributed by atoms with van der Waals surface area (Å²) in [7, 11) is -1.83. The van der Waals surface area contributed by atoms with E-state index in [9.17, 15) is 8.42 Å². The van der Waals surface area contributed by atoms with Crippen molar-refractivity contribution in [2.24, 2.45) is 7.05 Å². The number of nitrogen functional groups attached to an aromatic ring is 1. The molecule has 0 fully saturated rings. The minimum Gasteiger partial charge on any atom is -0.399 e. The number of nitrogens with zero attached hydrogens (tertiary/aromatic N) is 3. The van der Waals surface area contributed by atoms with E-state index in [1.807, 2.05) is 19.1 Å². The lowest BCUT2D eigenvalue weighted by Gasteiger charge is -2.07. The monoisotopic (exact) mass is 345 g/mol. The van der Waals surface area contributed by atoms with Gasteiger partial charge >= 0.3 is 0 Å². The fraction of sp³-hybridized carbons (Fsp3) is 0.250. The van der Waals surface area contributed by atoms with Crippen LogP contribution in [0.15, 0.2) is 41.4 Å². The summed E-state index contributed by atoms with van der Waals surface area (Å²) in [6, 6.07) is 8.97. The van der Waals surface area contributed by atoms with Gasteiger partial charge in [-0.2, -0.15) is 5.10 Å². The Bertz CT molecular complexity index is 978. The molecule has 126 valence electrons. The summed E-state index contributed by atoms with van der Waals surface area (Å²) < 4.78 is 29.1. The van der Waals surface area contributed by atoms with Crippen LogP contribution in [0.1, 0.15) is 11.3 Å². The average molecular weight is 345 g/mol. The Kier molecular flexibility index (Phi) is 4.25. The van der Waals surface area contributed by atoms with Gasteiger partial charge < -0.3 is 5.73 Å². The quantitative estimate of drug-likeness (QED) is 0.680. The lowest BCUT2D eigenvalue weighted by atomic mass is 10.1. The molecule has 0 saturated carbocycles. The predicted octanol–water partition coefficient (Wildman–Crippen LogP) is 1.38. The lowest BCUT2D eigenvalue weighted by molar-refractivity contribution is 0.581. The average Bonchev–Trinajstić information content (AvgIpc) is 2.83. The number of aryl methyl sites for hydroxylation is 2. The smallest absolute Gasteiger partial charge is 0.242 e. The van der Waals surface area contributed by atoms with Gasteiger partial charge in [-0.05, 0) is 37.1 Å². The second-order valence-electron chi connectivity index (χ2n) is 5.64. The van der Waals surface area contributed by atoms with E-state index < -0.39 is 10.0 Å². The van der Waals surface area contributed by atoms with Crippen LogP contribution in [0.3, 0.4) is 0 Å². The summed E-state index contributed by atoms with van der Waals surface area (Å²) in [4.78, 5) is 4.35. The summed E-state index contributed by atoms with van der Waals surface area (Å²) in [5.74, 6) is 0. The number of hydrogen-bond donors (Lipinski definition) is 2. The minimum absolute atomic E-state index is 0.142. The zero-order valence-electron chi connectivity index (χ0n) is 13.5. The normalized spacial score (nSPS) is 11.9. The van der Waals surface area contributed by atoms with Gasteiger partial charge in [0.05, 0.1) is 5.69 Å². The third kappa shape index (κ3) is 3.24. The Morgan fingerprint density at radius 1 is 1.25 bits per heavy atom. The molecule has 3 rings (SSSR count). The van der Waals surface area contributed by atoms with Crippen LogP contribution in [0.5, 0.6) is 0 Å². The molecule has 0 spiro atoms. The Balaban J connectivity index is 1.75. The van der Waals surface area contributed by atoms with E-state index >= 15 is 0 Å². The molecule has 0 aliphatic rings. The summed E-state index contributed by atoms with van der Waals surface area (Å²) >= 11 is 0. The molecule has 0 atom stereocenters. The number of benzene rings is 1. The third-order valence-electron chi connectivity index (χ3n) is 3.83. The van der Waals surface area contributed by atoms with Crippen molar-refractivity contribution in [2.75, 3.05) is 12.3 Å². The maximum atomic E-state index is 12.4. The minimum atomic E-state index is -3.61. The SMILES string of the molecule is Cc1nn(C)c2ncc(S(=O)(=O)NCCc3ccc(N)cc3)cc12. The van der Waals surface area contributed by atoms with Crippen molar-refractivity contribution in [3.63, 3.8) is 0 Å². The predicted molar refractivity (Wildman–Crippen MR) is 93.0 cm³/mol. The fourth-order valence-corrected chi connectivity index (χ4v) is 3.53. The maximum Gasteiger partial charge on any atom is 0.242 e. The van der Waals surface area contributed by atoms with Crippen LogP contribution in [0.2, 0.25) is 0 Å². The molecule has 0 unspecified atom stereocenters. The zero-order valence-corrected chi connectivity index (χ0v) is 14.3. The Morgan fingerprint density at radius 3 is 2.67 bits per heavy atom. The van der Waals surface area contributed by atoms with E-state index in [0.717, 1.165) is 16.6 Å². The van der Waals surface area contributed by atoms with E-state index in [1.165, 1.54) is 6.20 Å². The molecule has 8 heteroatoms. The van der Waals surface area contributed by atoms with Gasteiger partial charge in [-0.3, -0.25) is 4.68 Å². The van der Waals surface area contributed by atoms with E-state index in [1.54, 1.807) is 29.9 Å². The molecular weight excluding hydrogens is 326 g/mol. The van der Waals surface area contributed by atoms with Crippen LogP contribution in [-0.2, 0) is 23.5 Å². The van der Waals surface area contributed by atoms with Crippen LogP contribution < -0.4 is 10.5 Å². The van der Waals surface area contributed by atoms with E-state index in [4.69, 9.17) is 5.73 Å². The second-order valence-corrected chi connectivity index (χ2v) is 7.41. The molecule has 2 aromatic heterocycles. The summed E-state index contributed by atoms with van der Waals surface area (Å²) in [6.45, 7) is 2.13. The number of anilines is 1. The molecular formula is C16H19N5O2S. The van der Waals surface area contributed by atoms with Crippen molar-refractivity contribution in [3.8, 4) is 0 Å². The zero-order chi connectivity index (χ0) is 17.3. The van der Waals surface area contributed by atoms with Crippen molar-refractivity contribution < 1.29 is 8.42 Å². The Labute approximate surface area is 140 Å². The molecule has 0 saturated heterocycles. The highest BCUT2D eigenvalue weighted by atomic mass is 32.2. The number of pyridine rings is 1. The first-order valence-electron chi connectivity index (χ1n) is 7.50. The summed E-state index contributed by atoms with van der Waals surface area (Å²) in [6.07, 6.45) is 1.94. The van der Waals surface area contributed by atoms with Crippen LogP contribution in [0.4, 0.5) is 5.69 Å². The Hall–Kier alpha value is -2.45. The number of sulfonamides is 1. The number of aromatic nitrogens is 3. The molecule has 3 aromatic rings.